The second kappa shape index (κ2) is 8.44. The third kappa shape index (κ3) is 4.72. The largest absolute Gasteiger partial charge is 0.383 e. The number of hydrogen-bond donors (Lipinski definition) is 2. The van der Waals surface area contributed by atoms with Crippen LogP contribution in [-0.4, -0.2) is 60.9 Å². The highest BCUT2D eigenvalue weighted by atomic mass is 35.5. The van der Waals surface area contributed by atoms with Gasteiger partial charge < -0.3 is 10.4 Å². The van der Waals surface area contributed by atoms with Gasteiger partial charge in [-0.2, -0.15) is 0 Å². The zero-order chi connectivity index (χ0) is 21.2. The van der Waals surface area contributed by atoms with E-state index in [9.17, 15) is 14.7 Å². The zero-order valence-electron chi connectivity index (χ0n) is 16.4. The number of halogens is 1. The molecule has 2 N–H and O–H groups in total. The number of nitrogens with one attached hydrogen (secondary N) is 1. The lowest BCUT2D eigenvalue weighted by Crippen LogP contribution is -2.51. The molecule has 156 valence electrons. The molecule has 1 aromatic heterocycles. The normalized spacial score (nSPS) is 18.0. The second-order valence-electron chi connectivity index (χ2n) is 7.82. The minimum Gasteiger partial charge on any atom is -0.383 e. The van der Waals surface area contributed by atoms with E-state index in [-0.39, 0.29) is 19.1 Å². The summed E-state index contributed by atoms with van der Waals surface area (Å²) in [5.41, 5.74) is 0.689. The van der Waals surface area contributed by atoms with E-state index < -0.39 is 23.5 Å². The van der Waals surface area contributed by atoms with Gasteiger partial charge in [-0.25, -0.2) is 9.75 Å². The Morgan fingerprint density at radius 1 is 1.41 bits per heavy atom. The van der Waals surface area contributed by atoms with Crippen molar-refractivity contribution in [3.05, 3.63) is 35.1 Å². The van der Waals surface area contributed by atoms with Gasteiger partial charge in [0.05, 0.1) is 12.3 Å². The highest BCUT2D eigenvalue weighted by Gasteiger charge is 2.41. The van der Waals surface area contributed by atoms with Gasteiger partial charge in [0.1, 0.15) is 18.5 Å². The van der Waals surface area contributed by atoms with Gasteiger partial charge in [0.15, 0.2) is 0 Å². The molecule has 1 unspecified atom stereocenters. The molecule has 0 spiro atoms. The molecule has 0 saturated carbocycles. The predicted octanol–water partition coefficient (Wildman–Crippen LogP) is 0.871. The smallest absolute Gasteiger partial charge is 0.276 e. The highest BCUT2D eigenvalue weighted by molar-refractivity contribution is 6.30. The molecule has 1 saturated heterocycles. The average molecular weight is 423 g/mol. The molecule has 0 bridgehead atoms. The van der Waals surface area contributed by atoms with Crippen LogP contribution in [0.1, 0.15) is 32.8 Å². The summed E-state index contributed by atoms with van der Waals surface area (Å²) in [6.07, 6.45) is 0.493. The van der Waals surface area contributed by atoms with Crippen molar-refractivity contribution < 1.29 is 19.5 Å². The SMILES string of the molecule is CC(C)(C)[C@@H](O)C(=O)N1OCCC1C(=O)NCc1cc(Cl)ccc1-n1cnnn1. The van der Waals surface area contributed by atoms with Gasteiger partial charge in [0.25, 0.3) is 5.91 Å². The molecule has 2 atom stereocenters. The molecule has 2 heterocycles. The van der Waals surface area contributed by atoms with Gasteiger partial charge in [-0.3, -0.25) is 14.4 Å². The number of aliphatic hydroxyl groups excluding tert-OH is 1. The summed E-state index contributed by atoms with van der Waals surface area (Å²) in [5, 5.41) is 25.6. The summed E-state index contributed by atoms with van der Waals surface area (Å²) in [6.45, 7) is 5.57. The van der Waals surface area contributed by atoms with Crippen LogP contribution in [0.2, 0.25) is 5.02 Å². The molecule has 10 nitrogen and oxygen atoms in total. The summed E-state index contributed by atoms with van der Waals surface area (Å²) in [7, 11) is 0. The zero-order valence-corrected chi connectivity index (χ0v) is 17.1. The van der Waals surface area contributed by atoms with Crippen molar-refractivity contribution in [2.45, 2.75) is 45.9 Å². The Kier molecular flexibility index (Phi) is 6.15. The summed E-state index contributed by atoms with van der Waals surface area (Å²) < 4.78 is 1.46. The Bertz CT molecular complexity index is 883. The van der Waals surface area contributed by atoms with Crippen LogP contribution in [0.15, 0.2) is 24.5 Å². The maximum Gasteiger partial charge on any atom is 0.276 e. The molecular formula is C18H23ClN6O4. The molecule has 2 amide bonds. The van der Waals surface area contributed by atoms with E-state index in [1.165, 1.54) is 11.0 Å². The van der Waals surface area contributed by atoms with E-state index in [1.807, 2.05) is 0 Å². The molecule has 29 heavy (non-hydrogen) atoms. The Morgan fingerprint density at radius 2 is 2.17 bits per heavy atom. The summed E-state index contributed by atoms with van der Waals surface area (Å²) in [4.78, 5) is 30.6. The molecule has 1 aliphatic heterocycles. The molecule has 11 heteroatoms. The fourth-order valence-corrected chi connectivity index (χ4v) is 3.10. The standard InChI is InChI=1S/C18H23ClN6O4/c1-18(2,3)15(26)17(28)25-14(6-7-29-25)16(27)20-9-11-8-12(19)4-5-13(11)24-10-21-22-23-24/h4-5,8,10,14-15,26H,6-7,9H2,1-3H3,(H,20,27)/t14?,15-/m0/s1. The number of carbonyl (C=O) groups excluding carboxylic acids is 2. The lowest BCUT2D eigenvalue weighted by molar-refractivity contribution is -0.192. The third-order valence-electron chi connectivity index (χ3n) is 4.57. The van der Waals surface area contributed by atoms with Crippen LogP contribution in [-0.2, 0) is 21.0 Å². The van der Waals surface area contributed by atoms with Crippen LogP contribution in [0.4, 0.5) is 0 Å². The molecule has 3 rings (SSSR count). The molecule has 2 aromatic rings. The highest BCUT2D eigenvalue weighted by Crippen LogP contribution is 2.25. The van der Waals surface area contributed by atoms with Gasteiger partial charge in [-0.15, -0.1) is 5.10 Å². The average Bonchev–Trinajstić information content (AvgIpc) is 3.36. The van der Waals surface area contributed by atoms with Gasteiger partial charge in [-0.05, 0) is 39.6 Å². The van der Waals surface area contributed by atoms with E-state index in [4.69, 9.17) is 16.4 Å². The quantitative estimate of drug-likeness (QED) is 0.732. The van der Waals surface area contributed by atoms with Crippen LogP contribution >= 0.6 is 11.6 Å². The van der Waals surface area contributed by atoms with E-state index in [1.54, 1.807) is 39.0 Å². The number of tetrazole rings is 1. The Morgan fingerprint density at radius 3 is 2.83 bits per heavy atom. The van der Waals surface area contributed by atoms with Crippen molar-refractivity contribution in [1.82, 2.24) is 30.6 Å². The monoisotopic (exact) mass is 422 g/mol. The number of aliphatic hydroxyl groups is 1. The summed E-state index contributed by atoms with van der Waals surface area (Å²) in [6, 6.07) is 4.32. The minimum atomic E-state index is -1.28. The maximum atomic E-state index is 12.7. The first-order valence-electron chi connectivity index (χ1n) is 9.12. The van der Waals surface area contributed by atoms with Crippen LogP contribution in [0.3, 0.4) is 0 Å². The third-order valence-corrected chi connectivity index (χ3v) is 4.80. The number of aromatic nitrogens is 4. The first-order valence-corrected chi connectivity index (χ1v) is 9.50. The number of hydroxylamine groups is 2. The number of hydrogen-bond acceptors (Lipinski definition) is 7. The first-order chi connectivity index (χ1) is 13.7. The van der Waals surface area contributed by atoms with Crippen LogP contribution in [0.25, 0.3) is 5.69 Å². The molecule has 1 aliphatic rings. The Balaban J connectivity index is 1.71. The predicted molar refractivity (Wildman–Crippen MR) is 103 cm³/mol. The van der Waals surface area contributed by atoms with E-state index in [0.29, 0.717) is 22.7 Å². The number of carbonyl (C=O) groups is 2. The van der Waals surface area contributed by atoms with Crippen molar-refractivity contribution in [3.8, 4) is 5.69 Å². The minimum absolute atomic E-state index is 0.148. The molecule has 1 aromatic carbocycles. The second-order valence-corrected chi connectivity index (χ2v) is 8.25. The van der Waals surface area contributed by atoms with E-state index in [2.05, 4.69) is 20.8 Å². The van der Waals surface area contributed by atoms with Gasteiger partial charge in [-0.1, -0.05) is 32.4 Å². The van der Waals surface area contributed by atoms with Gasteiger partial charge in [0.2, 0.25) is 5.91 Å². The number of benzene rings is 1. The molecule has 1 fully saturated rings. The van der Waals surface area contributed by atoms with E-state index >= 15 is 0 Å². The maximum absolute atomic E-state index is 12.7. The number of amides is 2. The van der Waals surface area contributed by atoms with Gasteiger partial charge in [0, 0.05) is 18.0 Å². The molecule has 0 aliphatic carbocycles. The number of nitrogens with zero attached hydrogens (tertiary/aromatic N) is 5. The fraction of sp³-hybridized carbons (Fsp3) is 0.500. The van der Waals surface area contributed by atoms with Crippen LogP contribution < -0.4 is 5.32 Å². The first kappa shape index (κ1) is 21.2. The van der Waals surface area contributed by atoms with Crippen LogP contribution in [0, 0.1) is 5.41 Å². The summed E-state index contributed by atoms with van der Waals surface area (Å²) >= 11 is 6.09. The summed E-state index contributed by atoms with van der Waals surface area (Å²) in [5.74, 6) is -1.02. The Labute approximate surface area is 172 Å². The van der Waals surface area contributed by atoms with Gasteiger partial charge >= 0.3 is 0 Å². The van der Waals surface area contributed by atoms with Crippen molar-refractivity contribution >= 4 is 23.4 Å². The Hall–Kier alpha value is -2.56. The van der Waals surface area contributed by atoms with Crippen molar-refractivity contribution in [1.29, 1.82) is 0 Å². The molecule has 0 radical (unpaired) electrons. The molecular weight excluding hydrogens is 400 g/mol. The lowest BCUT2D eigenvalue weighted by Gasteiger charge is -2.30. The topological polar surface area (TPSA) is 122 Å². The van der Waals surface area contributed by atoms with E-state index in [0.717, 1.165) is 5.06 Å². The van der Waals surface area contributed by atoms with Crippen molar-refractivity contribution in [2.24, 2.45) is 5.41 Å². The lowest BCUT2D eigenvalue weighted by atomic mass is 9.88. The van der Waals surface area contributed by atoms with Crippen molar-refractivity contribution in [3.63, 3.8) is 0 Å². The van der Waals surface area contributed by atoms with Crippen molar-refractivity contribution in [2.75, 3.05) is 6.61 Å². The fourth-order valence-electron chi connectivity index (χ4n) is 2.91. The van der Waals surface area contributed by atoms with Crippen LogP contribution in [0.5, 0.6) is 0 Å². The number of rotatable bonds is 5.